The van der Waals surface area contributed by atoms with Gasteiger partial charge in [0.1, 0.15) is 5.75 Å². The number of benzene rings is 1. The van der Waals surface area contributed by atoms with Crippen LogP contribution in [0.15, 0.2) is 35.7 Å². The van der Waals surface area contributed by atoms with Gasteiger partial charge in [0.25, 0.3) is 5.91 Å². The van der Waals surface area contributed by atoms with E-state index in [0.717, 1.165) is 28.4 Å². The van der Waals surface area contributed by atoms with Gasteiger partial charge in [-0.05, 0) is 43.2 Å². The molecule has 5 nitrogen and oxygen atoms in total. The summed E-state index contributed by atoms with van der Waals surface area (Å²) in [5.41, 5.74) is 2.44. The smallest absolute Gasteiger partial charge is 0.265 e. The average molecular weight is 343 g/mol. The Kier molecular flexibility index (Phi) is 4.97. The fraction of sp³-hybridized carbons (Fsp3) is 0.333. The molecule has 3 rings (SSSR count). The molecule has 0 atom stereocenters. The predicted octanol–water partition coefficient (Wildman–Crippen LogP) is 2.65. The molecule has 0 bridgehead atoms. The van der Waals surface area contributed by atoms with Gasteiger partial charge in [-0.15, -0.1) is 11.3 Å². The van der Waals surface area contributed by atoms with Crippen molar-refractivity contribution in [3.63, 3.8) is 0 Å². The Bertz CT molecular complexity index is 741. The third-order valence-corrected chi connectivity index (χ3v) is 4.87. The monoisotopic (exact) mass is 343 g/mol. The summed E-state index contributed by atoms with van der Waals surface area (Å²) in [6.45, 7) is 1.52. The normalized spacial score (nSPS) is 13.8. The van der Waals surface area contributed by atoms with Gasteiger partial charge in [0.2, 0.25) is 0 Å². The summed E-state index contributed by atoms with van der Waals surface area (Å²) in [5, 5.41) is 10.2. The highest BCUT2D eigenvalue weighted by Crippen LogP contribution is 2.33. The first-order valence-electron chi connectivity index (χ1n) is 7.86. The number of carbonyl (C=O) groups is 1. The van der Waals surface area contributed by atoms with E-state index in [-0.39, 0.29) is 12.5 Å². The number of carbonyl (C=O) groups excluding carboxylic acids is 1. The second-order valence-corrected chi connectivity index (χ2v) is 7.02. The molecule has 126 valence electrons. The molecular formula is C18H21N3O2S. The summed E-state index contributed by atoms with van der Waals surface area (Å²) in [7, 11) is 3.98. The highest BCUT2D eigenvalue weighted by atomic mass is 32.1. The van der Waals surface area contributed by atoms with E-state index in [9.17, 15) is 4.79 Å². The molecule has 0 spiro atoms. The number of hydrogen-bond donors (Lipinski definition) is 1. The number of thiophene rings is 1. The molecule has 1 aromatic heterocycles. The Morgan fingerprint density at radius 3 is 2.92 bits per heavy atom. The molecule has 1 N–H and O–H groups in total. The van der Waals surface area contributed by atoms with E-state index in [0.29, 0.717) is 18.7 Å². The zero-order valence-corrected chi connectivity index (χ0v) is 14.7. The van der Waals surface area contributed by atoms with Gasteiger partial charge in [-0.1, -0.05) is 12.1 Å². The molecule has 2 heterocycles. The van der Waals surface area contributed by atoms with Gasteiger partial charge >= 0.3 is 0 Å². The highest BCUT2D eigenvalue weighted by molar-refractivity contribution is 7.12. The molecular weight excluding hydrogens is 322 g/mol. The molecule has 0 saturated heterocycles. The Hall–Kier alpha value is -2.18. The zero-order chi connectivity index (χ0) is 17.1. The molecule has 6 heteroatoms. The molecule has 2 aromatic rings. The third kappa shape index (κ3) is 3.66. The predicted molar refractivity (Wildman–Crippen MR) is 97.7 cm³/mol. The fourth-order valence-electron chi connectivity index (χ4n) is 2.65. The zero-order valence-electron chi connectivity index (χ0n) is 13.9. The highest BCUT2D eigenvalue weighted by Gasteiger charge is 2.25. The van der Waals surface area contributed by atoms with Crippen molar-refractivity contribution in [2.75, 3.05) is 38.7 Å². The molecule has 1 amide bonds. The molecule has 0 unspecified atom stereocenters. The van der Waals surface area contributed by atoms with Crippen molar-refractivity contribution in [1.29, 1.82) is 5.41 Å². The molecule has 1 aromatic carbocycles. The first kappa shape index (κ1) is 16.7. The molecule has 0 aliphatic carbocycles. The molecule has 1 aliphatic heterocycles. The van der Waals surface area contributed by atoms with Crippen LogP contribution in [0.2, 0.25) is 0 Å². The van der Waals surface area contributed by atoms with Crippen molar-refractivity contribution in [3.8, 4) is 5.75 Å². The van der Waals surface area contributed by atoms with Crippen LogP contribution in [-0.2, 0) is 11.2 Å². The van der Waals surface area contributed by atoms with Crippen LogP contribution in [0.3, 0.4) is 0 Å². The lowest BCUT2D eigenvalue weighted by molar-refractivity contribution is -0.121. The van der Waals surface area contributed by atoms with E-state index in [1.54, 1.807) is 16.2 Å². The SMILES string of the molecule is CN(C)CCN1C(=O)COc2cc(CC(=N)c3cccs3)ccc21. The van der Waals surface area contributed by atoms with Crippen LogP contribution in [0.1, 0.15) is 10.4 Å². The maximum absolute atomic E-state index is 12.1. The summed E-state index contributed by atoms with van der Waals surface area (Å²) in [6.07, 6.45) is 0.558. The van der Waals surface area contributed by atoms with Crippen LogP contribution in [0.5, 0.6) is 5.75 Å². The number of anilines is 1. The van der Waals surface area contributed by atoms with Crippen molar-refractivity contribution >= 4 is 28.6 Å². The average Bonchev–Trinajstić information content (AvgIpc) is 3.08. The number of ether oxygens (including phenoxy) is 1. The van der Waals surface area contributed by atoms with E-state index in [1.807, 2.05) is 49.8 Å². The van der Waals surface area contributed by atoms with Crippen molar-refractivity contribution in [1.82, 2.24) is 4.90 Å². The number of amides is 1. The Morgan fingerprint density at radius 2 is 2.21 bits per heavy atom. The summed E-state index contributed by atoms with van der Waals surface area (Å²) in [4.78, 5) is 17.0. The lowest BCUT2D eigenvalue weighted by Gasteiger charge is -2.30. The molecule has 0 radical (unpaired) electrons. The Labute approximate surface area is 146 Å². The second-order valence-electron chi connectivity index (χ2n) is 6.07. The van der Waals surface area contributed by atoms with E-state index < -0.39 is 0 Å². The van der Waals surface area contributed by atoms with Crippen LogP contribution >= 0.6 is 11.3 Å². The second kappa shape index (κ2) is 7.15. The standard InChI is InChI=1S/C18H21N3O2S/c1-20(2)7-8-21-15-6-5-13(11-16(15)23-12-18(21)22)10-14(19)17-4-3-9-24-17/h3-6,9,11,19H,7-8,10,12H2,1-2H3. The maximum Gasteiger partial charge on any atom is 0.265 e. The van der Waals surface area contributed by atoms with Gasteiger partial charge in [0.15, 0.2) is 6.61 Å². The first-order chi connectivity index (χ1) is 11.5. The maximum atomic E-state index is 12.1. The van der Waals surface area contributed by atoms with E-state index >= 15 is 0 Å². The van der Waals surface area contributed by atoms with Gasteiger partial charge in [-0.2, -0.15) is 0 Å². The number of nitrogens with one attached hydrogen (secondary N) is 1. The fourth-order valence-corrected chi connectivity index (χ4v) is 3.32. The molecule has 0 saturated carbocycles. The quantitative estimate of drug-likeness (QED) is 0.821. The largest absolute Gasteiger partial charge is 0.482 e. The topological polar surface area (TPSA) is 56.6 Å². The summed E-state index contributed by atoms with van der Waals surface area (Å²) in [6, 6.07) is 9.78. The molecule has 24 heavy (non-hydrogen) atoms. The number of nitrogens with zero attached hydrogens (tertiary/aromatic N) is 2. The summed E-state index contributed by atoms with van der Waals surface area (Å²) < 4.78 is 5.61. The number of rotatable bonds is 6. The summed E-state index contributed by atoms with van der Waals surface area (Å²) >= 11 is 1.58. The van der Waals surface area contributed by atoms with Gasteiger partial charge in [-0.25, -0.2) is 0 Å². The van der Waals surface area contributed by atoms with E-state index in [1.165, 1.54) is 0 Å². The van der Waals surface area contributed by atoms with Crippen LogP contribution in [0, 0.1) is 5.41 Å². The molecule has 0 fully saturated rings. The van der Waals surface area contributed by atoms with E-state index in [2.05, 4.69) is 4.90 Å². The van der Waals surface area contributed by atoms with Crippen molar-refractivity contribution < 1.29 is 9.53 Å². The molecule has 1 aliphatic rings. The minimum atomic E-state index is -0.0107. The van der Waals surface area contributed by atoms with Crippen molar-refractivity contribution in [2.45, 2.75) is 6.42 Å². The van der Waals surface area contributed by atoms with Gasteiger partial charge in [0.05, 0.1) is 11.4 Å². The minimum absolute atomic E-state index is 0.0107. The number of hydrogen-bond acceptors (Lipinski definition) is 5. The Morgan fingerprint density at radius 1 is 1.38 bits per heavy atom. The Balaban J connectivity index is 1.78. The van der Waals surface area contributed by atoms with Gasteiger partial charge in [-0.3, -0.25) is 4.79 Å². The van der Waals surface area contributed by atoms with Crippen LogP contribution in [0.4, 0.5) is 5.69 Å². The lowest BCUT2D eigenvalue weighted by Crippen LogP contribution is -2.42. The third-order valence-electron chi connectivity index (χ3n) is 3.94. The minimum Gasteiger partial charge on any atom is -0.482 e. The van der Waals surface area contributed by atoms with Gasteiger partial charge < -0.3 is 19.9 Å². The number of likely N-dealkylation sites (N-methyl/N-ethyl adjacent to an activating group) is 1. The first-order valence-corrected chi connectivity index (χ1v) is 8.74. The van der Waals surface area contributed by atoms with Crippen molar-refractivity contribution in [2.24, 2.45) is 0 Å². The van der Waals surface area contributed by atoms with Crippen molar-refractivity contribution in [3.05, 3.63) is 46.2 Å². The number of fused-ring (bicyclic) bond motifs is 1. The van der Waals surface area contributed by atoms with Crippen LogP contribution < -0.4 is 9.64 Å². The summed E-state index contributed by atoms with van der Waals surface area (Å²) in [5.74, 6) is 0.716. The van der Waals surface area contributed by atoms with E-state index in [4.69, 9.17) is 10.1 Å². The van der Waals surface area contributed by atoms with Crippen LogP contribution in [-0.4, -0.2) is 50.3 Å². The van der Waals surface area contributed by atoms with Gasteiger partial charge in [0, 0.05) is 24.4 Å². The van der Waals surface area contributed by atoms with Crippen LogP contribution in [0.25, 0.3) is 0 Å². The lowest BCUT2D eigenvalue weighted by atomic mass is 10.1.